The molecule has 3 heterocycles. The van der Waals surface area contributed by atoms with Gasteiger partial charge in [-0.05, 0) is 18.9 Å². The first kappa shape index (κ1) is 24.2. The second kappa shape index (κ2) is 11.3. The number of carbonyl (C=O) groups is 1. The van der Waals surface area contributed by atoms with Crippen molar-refractivity contribution in [2.45, 2.75) is 18.9 Å². The molecule has 1 unspecified atom stereocenters. The molecule has 1 atom stereocenters. The average molecular weight is 454 g/mol. The van der Waals surface area contributed by atoms with E-state index >= 15 is 0 Å². The van der Waals surface area contributed by atoms with Crippen LogP contribution in [0.3, 0.4) is 0 Å². The molecule has 7 nitrogen and oxygen atoms in total. The number of piperidine rings is 1. The second-order valence-electron chi connectivity index (χ2n) is 7.32. The van der Waals surface area contributed by atoms with Crippen LogP contribution in [0.25, 0.3) is 0 Å². The lowest BCUT2D eigenvalue weighted by atomic mass is 9.93. The zero-order valence-electron chi connectivity index (χ0n) is 17.1. The van der Waals surface area contributed by atoms with Crippen LogP contribution in [0.4, 0.5) is 5.82 Å². The van der Waals surface area contributed by atoms with E-state index in [-0.39, 0.29) is 42.7 Å². The molecule has 164 valence electrons. The first-order valence-electron chi connectivity index (χ1n) is 9.93. The largest absolute Gasteiger partial charge is 0.496 e. The molecule has 2 fully saturated rings. The molecule has 1 amide bonds. The first-order chi connectivity index (χ1) is 13.8. The summed E-state index contributed by atoms with van der Waals surface area (Å²) in [4.78, 5) is 26.2. The highest BCUT2D eigenvalue weighted by molar-refractivity contribution is 5.85. The monoisotopic (exact) mass is 453 g/mol. The van der Waals surface area contributed by atoms with Crippen molar-refractivity contribution in [3.8, 4) is 5.75 Å². The van der Waals surface area contributed by atoms with Crippen molar-refractivity contribution >= 4 is 36.5 Å². The average Bonchev–Trinajstić information content (AvgIpc) is 2.79. The van der Waals surface area contributed by atoms with E-state index in [1.807, 2.05) is 18.2 Å². The van der Waals surface area contributed by atoms with Crippen molar-refractivity contribution in [3.05, 3.63) is 48.4 Å². The SMILES string of the molecule is COc1ccccc1C1CNCCN1C(=O)C1CCN(c2cnccn2)CC1.Cl.Cl. The van der Waals surface area contributed by atoms with Crippen molar-refractivity contribution in [3.63, 3.8) is 0 Å². The van der Waals surface area contributed by atoms with Gasteiger partial charge in [0.1, 0.15) is 11.6 Å². The van der Waals surface area contributed by atoms with E-state index in [1.165, 1.54) is 0 Å². The van der Waals surface area contributed by atoms with E-state index in [2.05, 4.69) is 31.2 Å². The van der Waals surface area contributed by atoms with E-state index in [4.69, 9.17) is 4.74 Å². The lowest BCUT2D eigenvalue weighted by Gasteiger charge is -2.41. The quantitative estimate of drug-likeness (QED) is 0.766. The lowest BCUT2D eigenvalue weighted by molar-refractivity contribution is -0.139. The number of amides is 1. The highest BCUT2D eigenvalue weighted by Crippen LogP contribution is 2.32. The van der Waals surface area contributed by atoms with Crippen LogP contribution in [0.5, 0.6) is 5.75 Å². The summed E-state index contributed by atoms with van der Waals surface area (Å²) in [7, 11) is 1.68. The molecule has 2 aliphatic heterocycles. The molecular weight excluding hydrogens is 425 g/mol. The Labute approximate surface area is 190 Å². The predicted molar refractivity (Wildman–Crippen MR) is 122 cm³/mol. The molecule has 1 aromatic heterocycles. The smallest absolute Gasteiger partial charge is 0.226 e. The van der Waals surface area contributed by atoms with E-state index < -0.39 is 0 Å². The van der Waals surface area contributed by atoms with E-state index in [1.54, 1.807) is 25.7 Å². The van der Waals surface area contributed by atoms with Gasteiger partial charge in [0.05, 0.1) is 19.3 Å². The third-order valence-electron chi connectivity index (χ3n) is 5.74. The molecule has 30 heavy (non-hydrogen) atoms. The number of nitrogens with one attached hydrogen (secondary N) is 1. The number of anilines is 1. The summed E-state index contributed by atoms with van der Waals surface area (Å²) in [5.74, 6) is 2.05. The Hall–Kier alpha value is -2.09. The maximum Gasteiger partial charge on any atom is 0.226 e. The minimum Gasteiger partial charge on any atom is -0.496 e. The number of halogens is 2. The fourth-order valence-corrected chi connectivity index (χ4v) is 4.23. The molecule has 0 spiro atoms. The third-order valence-corrected chi connectivity index (χ3v) is 5.74. The van der Waals surface area contributed by atoms with Crippen molar-refractivity contribution in [1.82, 2.24) is 20.2 Å². The van der Waals surface area contributed by atoms with Gasteiger partial charge in [0.2, 0.25) is 5.91 Å². The van der Waals surface area contributed by atoms with Gasteiger partial charge in [-0.2, -0.15) is 0 Å². The highest BCUT2D eigenvalue weighted by Gasteiger charge is 2.35. The molecule has 0 aliphatic carbocycles. The number of rotatable bonds is 4. The van der Waals surface area contributed by atoms with E-state index in [0.717, 1.165) is 62.7 Å². The number of benzene rings is 1. The molecule has 9 heteroatoms. The Balaban J connectivity index is 0.00000160. The summed E-state index contributed by atoms with van der Waals surface area (Å²) in [6.07, 6.45) is 6.87. The number of nitrogens with zero attached hydrogens (tertiary/aromatic N) is 4. The summed E-state index contributed by atoms with van der Waals surface area (Å²) in [5.41, 5.74) is 1.07. The topological polar surface area (TPSA) is 70.6 Å². The van der Waals surface area contributed by atoms with Gasteiger partial charge in [-0.3, -0.25) is 9.78 Å². The minimum absolute atomic E-state index is 0. The number of para-hydroxylation sites is 1. The zero-order chi connectivity index (χ0) is 19.3. The summed E-state index contributed by atoms with van der Waals surface area (Å²) >= 11 is 0. The third kappa shape index (κ3) is 5.14. The predicted octanol–water partition coefficient (Wildman–Crippen LogP) is 2.72. The number of methoxy groups -OCH3 is 1. The molecule has 2 saturated heterocycles. The maximum absolute atomic E-state index is 13.4. The van der Waals surface area contributed by atoms with Crippen molar-refractivity contribution in [2.24, 2.45) is 5.92 Å². The van der Waals surface area contributed by atoms with Gasteiger partial charge in [0.25, 0.3) is 0 Å². The van der Waals surface area contributed by atoms with Gasteiger partial charge >= 0.3 is 0 Å². The number of piperazine rings is 1. The normalized spacial score (nSPS) is 19.4. The molecule has 4 rings (SSSR count). The Morgan fingerprint density at radius 2 is 1.90 bits per heavy atom. The Kier molecular flexibility index (Phi) is 9.14. The standard InChI is InChI=1S/C21H27N5O2.2ClH/c1-28-19-5-3-2-4-17(19)18-14-23-10-13-26(18)21(27)16-6-11-25(12-7-16)20-15-22-8-9-24-20;;/h2-5,8-9,15-16,18,23H,6-7,10-14H2,1H3;2*1H. The molecule has 1 N–H and O–H groups in total. The molecule has 0 bridgehead atoms. The van der Waals surface area contributed by atoms with Crippen molar-refractivity contribution < 1.29 is 9.53 Å². The number of hydrogen-bond acceptors (Lipinski definition) is 6. The number of carbonyl (C=O) groups excluding carboxylic acids is 1. The molecule has 0 saturated carbocycles. The number of aromatic nitrogens is 2. The number of ether oxygens (including phenoxy) is 1. The second-order valence-corrected chi connectivity index (χ2v) is 7.32. The van der Waals surface area contributed by atoms with Gasteiger partial charge < -0.3 is 19.9 Å². The fraction of sp³-hybridized carbons (Fsp3) is 0.476. The van der Waals surface area contributed by atoms with Crippen LogP contribution < -0.4 is 15.0 Å². The summed E-state index contributed by atoms with van der Waals surface area (Å²) in [6.45, 7) is 3.98. The molecule has 1 aromatic carbocycles. The van der Waals surface area contributed by atoms with Crippen LogP contribution >= 0.6 is 24.8 Å². The lowest BCUT2D eigenvalue weighted by Crippen LogP contribution is -2.52. The van der Waals surface area contributed by atoms with Gasteiger partial charge in [-0.1, -0.05) is 18.2 Å². The fourth-order valence-electron chi connectivity index (χ4n) is 4.23. The van der Waals surface area contributed by atoms with E-state index in [9.17, 15) is 4.79 Å². The minimum atomic E-state index is 0. The Morgan fingerprint density at radius 1 is 1.13 bits per heavy atom. The Morgan fingerprint density at radius 3 is 2.60 bits per heavy atom. The van der Waals surface area contributed by atoms with Crippen molar-refractivity contribution in [2.75, 3.05) is 44.7 Å². The summed E-state index contributed by atoms with van der Waals surface area (Å²) in [6, 6.07) is 8.01. The van der Waals surface area contributed by atoms with Crippen LogP contribution in [0.15, 0.2) is 42.9 Å². The number of hydrogen-bond donors (Lipinski definition) is 1. The van der Waals surface area contributed by atoms with Crippen LogP contribution in [0, 0.1) is 5.92 Å². The van der Waals surface area contributed by atoms with E-state index in [0.29, 0.717) is 0 Å². The maximum atomic E-state index is 13.4. The van der Waals surface area contributed by atoms with Gasteiger partial charge in [0, 0.05) is 56.6 Å². The molecule has 2 aliphatic rings. The molecule has 2 aromatic rings. The zero-order valence-corrected chi connectivity index (χ0v) is 18.7. The summed E-state index contributed by atoms with van der Waals surface area (Å²) < 4.78 is 5.55. The van der Waals surface area contributed by atoms with Gasteiger partial charge in [-0.25, -0.2) is 4.98 Å². The van der Waals surface area contributed by atoms with Crippen LogP contribution in [-0.4, -0.2) is 60.6 Å². The van der Waals surface area contributed by atoms with Crippen LogP contribution in [0.1, 0.15) is 24.4 Å². The van der Waals surface area contributed by atoms with Crippen LogP contribution in [-0.2, 0) is 4.79 Å². The van der Waals surface area contributed by atoms with Gasteiger partial charge in [-0.15, -0.1) is 24.8 Å². The molecule has 0 radical (unpaired) electrons. The molecular formula is C21H29Cl2N5O2. The first-order valence-corrected chi connectivity index (χ1v) is 9.93. The summed E-state index contributed by atoms with van der Waals surface area (Å²) in [5, 5.41) is 3.43. The van der Waals surface area contributed by atoms with Crippen molar-refractivity contribution in [1.29, 1.82) is 0 Å². The Bertz CT molecular complexity index is 803. The van der Waals surface area contributed by atoms with Crippen LogP contribution in [0.2, 0.25) is 0 Å². The highest BCUT2D eigenvalue weighted by atomic mass is 35.5. The van der Waals surface area contributed by atoms with Gasteiger partial charge in [0.15, 0.2) is 0 Å².